The van der Waals surface area contributed by atoms with E-state index in [9.17, 15) is 14.4 Å². The summed E-state index contributed by atoms with van der Waals surface area (Å²) in [4.78, 5) is 39.7. The van der Waals surface area contributed by atoms with E-state index >= 15 is 0 Å². The van der Waals surface area contributed by atoms with Gasteiger partial charge in [0, 0.05) is 30.2 Å². The molecule has 0 bridgehead atoms. The van der Waals surface area contributed by atoms with Crippen LogP contribution in [0.4, 0.5) is 5.69 Å². The molecule has 3 aromatic rings. The van der Waals surface area contributed by atoms with Crippen LogP contribution in [0.3, 0.4) is 0 Å². The molecule has 0 aliphatic rings. The van der Waals surface area contributed by atoms with E-state index in [0.717, 1.165) is 31.6 Å². The Labute approximate surface area is 250 Å². The molecule has 226 valence electrons. The van der Waals surface area contributed by atoms with E-state index in [4.69, 9.17) is 9.52 Å². The summed E-state index contributed by atoms with van der Waals surface area (Å²) in [5, 5.41) is 9.80. The summed E-state index contributed by atoms with van der Waals surface area (Å²) in [5.74, 6) is -0.811. The number of carbonyl (C=O) groups is 2. The fourth-order valence-electron chi connectivity index (χ4n) is 5.34. The van der Waals surface area contributed by atoms with E-state index in [1.165, 1.54) is 63.5 Å². The molecule has 0 aliphatic carbocycles. The smallest absolute Gasteiger partial charge is 0.347 e. The average molecular weight is 574 g/mol. The highest BCUT2D eigenvalue weighted by molar-refractivity contribution is 6.11. The summed E-state index contributed by atoms with van der Waals surface area (Å²) in [6.45, 7) is 10.3. The molecule has 6 heteroatoms. The number of carboxylic acids is 1. The maximum atomic E-state index is 13.2. The number of allylic oxidation sites excluding steroid dienone is 1. The maximum absolute atomic E-state index is 13.2. The summed E-state index contributed by atoms with van der Waals surface area (Å²) < 4.78 is 5.72. The third-order valence-electron chi connectivity index (χ3n) is 8.03. The molecule has 1 unspecified atom stereocenters. The molecule has 0 saturated heterocycles. The highest BCUT2D eigenvalue weighted by atomic mass is 16.4. The van der Waals surface area contributed by atoms with Crippen LogP contribution in [0.25, 0.3) is 17.0 Å². The number of rotatable bonds is 18. The fourth-order valence-corrected chi connectivity index (χ4v) is 5.34. The van der Waals surface area contributed by atoms with Crippen molar-refractivity contribution in [1.29, 1.82) is 0 Å². The van der Waals surface area contributed by atoms with Crippen LogP contribution in [0.5, 0.6) is 0 Å². The summed E-state index contributed by atoms with van der Waals surface area (Å²) in [6.07, 6.45) is 13.9. The fraction of sp³-hybridized carbons (Fsp3) is 0.472. The zero-order valence-electron chi connectivity index (χ0n) is 25.8. The van der Waals surface area contributed by atoms with Crippen molar-refractivity contribution in [1.82, 2.24) is 0 Å². The Morgan fingerprint density at radius 1 is 0.905 bits per heavy atom. The molecule has 6 nitrogen and oxygen atoms in total. The van der Waals surface area contributed by atoms with Gasteiger partial charge in [0.25, 0.3) is 0 Å². The van der Waals surface area contributed by atoms with Gasteiger partial charge in [-0.2, -0.15) is 0 Å². The number of fused-ring (bicyclic) bond motifs is 1. The van der Waals surface area contributed by atoms with Gasteiger partial charge < -0.3 is 14.4 Å². The van der Waals surface area contributed by atoms with Crippen LogP contribution in [0.2, 0.25) is 0 Å². The van der Waals surface area contributed by atoms with Crippen molar-refractivity contribution in [3.8, 4) is 0 Å². The Bertz CT molecular complexity index is 1400. The van der Waals surface area contributed by atoms with Gasteiger partial charge in [0.05, 0.1) is 5.56 Å². The van der Waals surface area contributed by atoms with E-state index in [1.807, 2.05) is 12.1 Å². The van der Waals surface area contributed by atoms with Gasteiger partial charge >= 0.3 is 11.6 Å². The zero-order valence-corrected chi connectivity index (χ0v) is 25.8. The summed E-state index contributed by atoms with van der Waals surface area (Å²) in [7, 11) is 0. The van der Waals surface area contributed by atoms with Crippen molar-refractivity contribution in [2.45, 2.75) is 91.9 Å². The van der Waals surface area contributed by atoms with E-state index in [-0.39, 0.29) is 11.1 Å². The lowest BCUT2D eigenvalue weighted by Gasteiger charge is -2.29. The lowest BCUT2D eigenvalue weighted by molar-refractivity contribution is 0.0696. The lowest BCUT2D eigenvalue weighted by atomic mass is 9.98. The van der Waals surface area contributed by atoms with Gasteiger partial charge in [-0.3, -0.25) is 4.79 Å². The number of unbranched alkanes of at least 4 members (excludes halogenated alkanes) is 6. The van der Waals surface area contributed by atoms with Crippen LogP contribution < -0.4 is 10.5 Å². The lowest BCUT2D eigenvalue weighted by Crippen LogP contribution is -2.30. The second-order valence-corrected chi connectivity index (χ2v) is 11.4. The van der Waals surface area contributed by atoms with Crippen molar-refractivity contribution < 1.29 is 19.1 Å². The third-order valence-corrected chi connectivity index (χ3v) is 8.03. The van der Waals surface area contributed by atoms with Gasteiger partial charge in [0.1, 0.15) is 11.1 Å². The van der Waals surface area contributed by atoms with Crippen molar-refractivity contribution in [3.05, 3.63) is 81.2 Å². The predicted octanol–water partition coefficient (Wildman–Crippen LogP) is 9.16. The summed E-state index contributed by atoms with van der Waals surface area (Å²) in [5.41, 5.74) is 2.07. The topological polar surface area (TPSA) is 87.8 Å². The zero-order chi connectivity index (χ0) is 30.5. The maximum Gasteiger partial charge on any atom is 0.347 e. The number of benzene rings is 2. The SMILES string of the molecule is CCCCCCCCN(CC(CC)CCCC)c1ccc2cc(C(=O)/C(C)=C/c3ccc(C(=O)O)cc3)c(=O)oc2c1. The number of Topliss-reactive ketones (excluding diaryl/α,β-unsaturated/α-hetero) is 1. The molecule has 0 aliphatic heterocycles. The van der Waals surface area contributed by atoms with E-state index in [0.29, 0.717) is 28.0 Å². The highest BCUT2D eigenvalue weighted by Crippen LogP contribution is 2.26. The van der Waals surface area contributed by atoms with Crippen molar-refractivity contribution in [2.24, 2.45) is 5.92 Å². The number of ketones is 1. The molecule has 0 saturated carbocycles. The molecule has 0 radical (unpaired) electrons. The van der Waals surface area contributed by atoms with Crippen molar-refractivity contribution >= 4 is 34.5 Å². The molecule has 0 amide bonds. The van der Waals surface area contributed by atoms with Gasteiger partial charge in [-0.1, -0.05) is 84.3 Å². The second-order valence-electron chi connectivity index (χ2n) is 11.4. The number of hydrogen-bond donors (Lipinski definition) is 1. The number of aromatic carboxylic acids is 1. The minimum Gasteiger partial charge on any atom is -0.478 e. The molecule has 0 spiro atoms. The van der Waals surface area contributed by atoms with Gasteiger partial charge in [-0.05, 0) is 73.2 Å². The van der Waals surface area contributed by atoms with Crippen molar-refractivity contribution in [3.63, 3.8) is 0 Å². The van der Waals surface area contributed by atoms with Crippen LogP contribution in [0.15, 0.2) is 63.3 Å². The van der Waals surface area contributed by atoms with Crippen molar-refractivity contribution in [2.75, 3.05) is 18.0 Å². The minimum absolute atomic E-state index is 0.0132. The minimum atomic E-state index is -1.01. The molecule has 3 rings (SSSR count). The van der Waals surface area contributed by atoms with E-state index in [2.05, 4.69) is 31.7 Å². The first-order valence-electron chi connectivity index (χ1n) is 15.7. The third kappa shape index (κ3) is 9.43. The Morgan fingerprint density at radius 2 is 1.60 bits per heavy atom. The van der Waals surface area contributed by atoms with E-state index in [1.54, 1.807) is 31.2 Å². The highest BCUT2D eigenvalue weighted by Gasteiger charge is 2.18. The quantitative estimate of drug-likeness (QED) is 0.0706. The Kier molecular flexibility index (Phi) is 13.1. The Morgan fingerprint density at radius 3 is 2.26 bits per heavy atom. The number of hydrogen-bond acceptors (Lipinski definition) is 5. The molecule has 1 atom stereocenters. The summed E-state index contributed by atoms with van der Waals surface area (Å²) >= 11 is 0. The number of anilines is 1. The molecule has 0 fully saturated rings. The van der Waals surface area contributed by atoms with Crippen LogP contribution >= 0.6 is 0 Å². The molecular formula is C36H47NO5. The van der Waals surface area contributed by atoms with Crippen LogP contribution in [0, 0.1) is 5.92 Å². The van der Waals surface area contributed by atoms with E-state index < -0.39 is 17.4 Å². The monoisotopic (exact) mass is 573 g/mol. The standard InChI is InChI=1S/C36H47NO5/c1-5-8-10-11-12-13-21-37(25-27(7-3)14-9-6-2)31-20-19-30-23-32(36(41)42-33(30)24-31)34(38)26(4)22-28-15-17-29(18-16-28)35(39)40/h15-20,22-24,27H,5-14,21,25H2,1-4H3,(H,39,40)/b26-22+. The van der Waals surface area contributed by atoms with Crippen LogP contribution in [-0.4, -0.2) is 29.9 Å². The predicted molar refractivity (Wildman–Crippen MR) is 173 cm³/mol. The molecule has 1 heterocycles. The first kappa shape index (κ1) is 32.8. The molecule has 1 aromatic heterocycles. The number of nitrogens with zero attached hydrogens (tertiary/aromatic N) is 1. The largest absolute Gasteiger partial charge is 0.478 e. The van der Waals surface area contributed by atoms with Gasteiger partial charge in [0.15, 0.2) is 5.78 Å². The average Bonchev–Trinajstić information content (AvgIpc) is 2.99. The first-order valence-corrected chi connectivity index (χ1v) is 15.7. The van der Waals surface area contributed by atoms with Gasteiger partial charge in [-0.25, -0.2) is 9.59 Å². The normalized spacial score (nSPS) is 12.4. The van der Waals surface area contributed by atoms with Gasteiger partial charge in [0.2, 0.25) is 0 Å². The van der Waals surface area contributed by atoms with Crippen LogP contribution in [-0.2, 0) is 0 Å². The molecular weight excluding hydrogens is 526 g/mol. The second kappa shape index (κ2) is 16.7. The number of carboxylic acid groups (broad SMARTS) is 1. The molecule has 2 aromatic carbocycles. The molecule has 1 N–H and O–H groups in total. The molecule has 42 heavy (non-hydrogen) atoms. The number of carbonyl (C=O) groups excluding carboxylic acids is 1. The first-order chi connectivity index (χ1) is 20.3. The summed E-state index contributed by atoms with van der Waals surface area (Å²) in [6, 6.07) is 13.8. The Balaban J connectivity index is 1.83. The van der Waals surface area contributed by atoms with Crippen LogP contribution in [0.1, 0.15) is 118 Å². The van der Waals surface area contributed by atoms with Gasteiger partial charge in [-0.15, -0.1) is 0 Å². The Hall–Kier alpha value is -3.67.